The molecule has 0 radical (unpaired) electrons. The first-order valence-electron chi connectivity index (χ1n) is 8.70. The number of oxazole rings is 1. The maximum absolute atomic E-state index is 12.4. The first-order valence-corrected chi connectivity index (χ1v) is 9.08. The molecule has 2 aromatic carbocycles. The van der Waals surface area contributed by atoms with Crippen LogP contribution in [0.5, 0.6) is 0 Å². The predicted molar refractivity (Wildman–Crippen MR) is 102 cm³/mol. The SMILES string of the molecule is CN1CCN(C(=O)Cc2ccc(-c3nc4cc(Cl)ccc4o3)cc2)CC1. The van der Waals surface area contributed by atoms with Crippen LogP contribution in [-0.4, -0.2) is 53.9 Å². The van der Waals surface area contributed by atoms with Crippen LogP contribution in [0.25, 0.3) is 22.6 Å². The molecule has 0 N–H and O–H groups in total. The second-order valence-electron chi connectivity index (χ2n) is 6.69. The molecule has 6 heteroatoms. The Kier molecular flexibility index (Phi) is 4.66. The lowest BCUT2D eigenvalue weighted by atomic mass is 10.1. The van der Waals surface area contributed by atoms with Gasteiger partial charge in [0.25, 0.3) is 0 Å². The third-order valence-electron chi connectivity index (χ3n) is 4.76. The second kappa shape index (κ2) is 7.09. The van der Waals surface area contributed by atoms with E-state index in [4.69, 9.17) is 16.0 Å². The van der Waals surface area contributed by atoms with Gasteiger partial charge in [-0.25, -0.2) is 4.98 Å². The Balaban J connectivity index is 1.46. The van der Waals surface area contributed by atoms with Gasteiger partial charge in [0.1, 0.15) is 5.52 Å². The minimum Gasteiger partial charge on any atom is -0.436 e. The standard InChI is InChI=1S/C20H20ClN3O2/c1-23-8-10-24(11-9-23)19(25)12-14-2-4-15(5-3-14)20-22-17-13-16(21)6-7-18(17)26-20/h2-7,13H,8-12H2,1H3. The monoisotopic (exact) mass is 369 g/mol. The van der Waals surface area contributed by atoms with Gasteiger partial charge in [-0.2, -0.15) is 0 Å². The number of hydrogen-bond donors (Lipinski definition) is 0. The van der Waals surface area contributed by atoms with E-state index in [1.807, 2.05) is 35.2 Å². The Bertz CT molecular complexity index is 928. The fourth-order valence-corrected chi connectivity index (χ4v) is 3.30. The summed E-state index contributed by atoms with van der Waals surface area (Å²) in [6, 6.07) is 13.2. The largest absolute Gasteiger partial charge is 0.436 e. The number of benzene rings is 2. The zero-order valence-electron chi connectivity index (χ0n) is 14.6. The molecule has 1 amide bonds. The zero-order chi connectivity index (χ0) is 18.1. The summed E-state index contributed by atoms with van der Waals surface area (Å²) >= 11 is 5.99. The number of fused-ring (bicyclic) bond motifs is 1. The Morgan fingerprint density at radius 3 is 2.58 bits per heavy atom. The average Bonchev–Trinajstić information content (AvgIpc) is 3.06. The number of hydrogen-bond acceptors (Lipinski definition) is 4. The lowest BCUT2D eigenvalue weighted by molar-refractivity contribution is -0.132. The Morgan fingerprint density at radius 1 is 1.12 bits per heavy atom. The molecule has 3 aromatic rings. The van der Waals surface area contributed by atoms with Crippen LogP contribution in [0.15, 0.2) is 46.9 Å². The summed E-state index contributed by atoms with van der Waals surface area (Å²) in [6.45, 7) is 3.48. The molecule has 0 unspecified atom stereocenters. The topological polar surface area (TPSA) is 49.6 Å². The lowest BCUT2D eigenvalue weighted by Crippen LogP contribution is -2.47. The molecule has 134 valence electrons. The number of rotatable bonds is 3. The van der Waals surface area contributed by atoms with Crippen molar-refractivity contribution in [3.05, 3.63) is 53.1 Å². The van der Waals surface area contributed by atoms with Crippen molar-refractivity contribution in [2.75, 3.05) is 33.2 Å². The van der Waals surface area contributed by atoms with Crippen molar-refractivity contribution in [1.29, 1.82) is 0 Å². The number of amides is 1. The number of carbonyl (C=O) groups excluding carboxylic acids is 1. The smallest absolute Gasteiger partial charge is 0.227 e. The van der Waals surface area contributed by atoms with Crippen molar-refractivity contribution in [2.24, 2.45) is 0 Å². The van der Waals surface area contributed by atoms with Crippen LogP contribution in [0.3, 0.4) is 0 Å². The fraction of sp³-hybridized carbons (Fsp3) is 0.300. The number of aromatic nitrogens is 1. The molecule has 1 aromatic heterocycles. The van der Waals surface area contributed by atoms with Crippen molar-refractivity contribution >= 4 is 28.6 Å². The maximum Gasteiger partial charge on any atom is 0.227 e. The molecule has 1 saturated heterocycles. The molecule has 0 spiro atoms. The average molecular weight is 370 g/mol. The van der Waals surface area contributed by atoms with Gasteiger partial charge in [0.2, 0.25) is 11.8 Å². The van der Waals surface area contributed by atoms with Gasteiger partial charge in [0.05, 0.1) is 6.42 Å². The molecule has 26 heavy (non-hydrogen) atoms. The molecule has 4 rings (SSSR count). The van der Waals surface area contributed by atoms with Crippen LogP contribution in [0.1, 0.15) is 5.56 Å². The van der Waals surface area contributed by atoms with E-state index in [1.54, 1.807) is 12.1 Å². The normalized spacial score (nSPS) is 15.5. The number of likely N-dealkylation sites (N-methyl/N-ethyl adjacent to an activating group) is 1. The molecule has 1 aliphatic heterocycles. The van der Waals surface area contributed by atoms with Crippen molar-refractivity contribution in [3.63, 3.8) is 0 Å². The highest BCUT2D eigenvalue weighted by atomic mass is 35.5. The number of carbonyl (C=O) groups is 1. The molecule has 5 nitrogen and oxygen atoms in total. The quantitative estimate of drug-likeness (QED) is 0.709. The van der Waals surface area contributed by atoms with E-state index in [-0.39, 0.29) is 5.91 Å². The Hall–Kier alpha value is -2.37. The van der Waals surface area contributed by atoms with Gasteiger partial charge < -0.3 is 14.2 Å². The molecule has 2 heterocycles. The first-order chi connectivity index (χ1) is 12.6. The molecule has 0 aliphatic carbocycles. The second-order valence-corrected chi connectivity index (χ2v) is 7.13. The van der Waals surface area contributed by atoms with E-state index in [2.05, 4.69) is 16.9 Å². The van der Waals surface area contributed by atoms with Crippen LogP contribution < -0.4 is 0 Å². The molecule has 0 bridgehead atoms. The molecular formula is C20H20ClN3O2. The highest BCUT2D eigenvalue weighted by Gasteiger charge is 2.19. The van der Waals surface area contributed by atoms with Crippen molar-refractivity contribution in [3.8, 4) is 11.5 Å². The lowest BCUT2D eigenvalue weighted by Gasteiger charge is -2.32. The highest BCUT2D eigenvalue weighted by molar-refractivity contribution is 6.31. The van der Waals surface area contributed by atoms with Crippen molar-refractivity contribution < 1.29 is 9.21 Å². The molecule has 0 saturated carbocycles. The van der Waals surface area contributed by atoms with Gasteiger partial charge in [-0.1, -0.05) is 23.7 Å². The molecular weight excluding hydrogens is 350 g/mol. The van der Waals surface area contributed by atoms with E-state index >= 15 is 0 Å². The van der Waals surface area contributed by atoms with Gasteiger partial charge in [0, 0.05) is 36.8 Å². The van der Waals surface area contributed by atoms with Gasteiger partial charge in [0.15, 0.2) is 5.58 Å². The van der Waals surface area contributed by atoms with Crippen LogP contribution >= 0.6 is 11.6 Å². The van der Waals surface area contributed by atoms with Crippen LogP contribution in [0.4, 0.5) is 0 Å². The van der Waals surface area contributed by atoms with Crippen LogP contribution in [0, 0.1) is 0 Å². The van der Waals surface area contributed by atoms with E-state index in [1.165, 1.54) is 0 Å². The minimum atomic E-state index is 0.183. The van der Waals surface area contributed by atoms with Crippen LogP contribution in [0.2, 0.25) is 5.02 Å². The van der Waals surface area contributed by atoms with E-state index in [9.17, 15) is 4.79 Å². The molecule has 0 atom stereocenters. The minimum absolute atomic E-state index is 0.183. The summed E-state index contributed by atoms with van der Waals surface area (Å²) in [5.41, 5.74) is 3.32. The van der Waals surface area contributed by atoms with Gasteiger partial charge in [-0.15, -0.1) is 0 Å². The summed E-state index contributed by atoms with van der Waals surface area (Å²) in [6.07, 6.45) is 0.424. The summed E-state index contributed by atoms with van der Waals surface area (Å²) in [4.78, 5) is 21.1. The van der Waals surface area contributed by atoms with E-state index in [0.717, 1.165) is 42.8 Å². The van der Waals surface area contributed by atoms with Gasteiger partial charge in [-0.3, -0.25) is 4.79 Å². The highest BCUT2D eigenvalue weighted by Crippen LogP contribution is 2.26. The summed E-state index contributed by atoms with van der Waals surface area (Å²) in [7, 11) is 2.08. The third-order valence-corrected chi connectivity index (χ3v) is 5.00. The summed E-state index contributed by atoms with van der Waals surface area (Å²) in [5.74, 6) is 0.738. The van der Waals surface area contributed by atoms with E-state index < -0.39 is 0 Å². The predicted octanol–water partition coefficient (Wildman–Crippen LogP) is 3.46. The summed E-state index contributed by atoms with van der Waals surface area (Å²) in [5, 5.41) is 0.634. The fourth-order valence-electron chi connectivity index (χ4n) is 3.13. The molecule has 1 aliphatic rings. The zero-order valence-corrected chi connectivity index (χ0v) is 15.4. The van der Waals surface area contributed by atoms with Crippen molar-refractivity contribution in [2.45, 2.75) is 6.42 Å². The number of nitrogens with zero attached hydrogens (tertiary/aromatic N) is 3. The van der Waals surface area contributed by atoms with Gasteiger partial charge in [-0.05, 0) is 42.9 Å². The molecule has 1 fully saturated rings. The first kappa shape index (κ1) is 17.1. The number of halogens is 1. The Morgan fingerprint density at radius 2 is 1.85 bits per heavy atom. The third kappa shape index (κ3) is 3.59. The van der Waals surface area contributed by atoms with E-state index in [0.29, 0.717) is 22.9 Å². The maximum atomic E-state index is 12.4. The van der Waals surface area contributed by atoms with Crippen molar-refractivity contribution in [1.82, 2.24) is 14.8 Å². The van der Waals surface area contributed by atoms with Gasteiger partial charge >= 0.3 is 0 Å². The van der Waals surface area contributed by atoms with Crippen LogP contribution in [-0.2, 0) is 11.2 Å². The summed E-state index contributed by atoms with van der Waals surface area (Å²) < 4.78 is 5.79. The Labute approximate surface area is 157 Å². The number of piperazine rings is 1.